The fourth-order valence-electron chi connectivity index (χ4n) is 3.84. The summed E-state index contributed by atoms with van der Waals surface area (Å²) in [6, 6.07) is 8.44. The summed E-state index contributed by atoms with van der Waals surface area (Å²) in [6.45, 7) is 4.63. The molecule has 1 saturated heterocycles. The average Bonchev–Trinajstić information content (AvgIpc) is 2.85. The third-order valence-electron chi connectivity index (χ3n) is 5.29. The molecule has 132 valence electrons. The van der Waals surface area contributed by atoms with Gasteiger partial charge in [0.1, 0.15) is 0 Å². The summed E-state index contributed by atoms with van der Waals surface area (Å²) in [4.78, 5) is 16.1. The molecule has 1 aromatic carbocycles. The molecule has 0 radical (unpaired) electrons. The van der Waals surface area contributed by atoms with Gasteiger partial charge in [-0.1, -0.05) is 37.3 Å². The van der Waals surface area contributed by atoms with Crippen molar-refractivity contribution in [3.8, 4) is 0 Å². The SMILES string of the molecule is O=C(C[NH+]1CCN(c2ccc(Cl)cc2)CC1)NC1CCCCCC1. The summed E-state index contributed by atoms with van der Waals surface area (Å²) >= 11 is 5.95. The number of nitrogens with one attached hydrogen (secondary N) is 2. The van der Waals surface area contributed by atoms with Gasteiger partial charge < -0.3 is 15.1 Å². The Kier molecular flexibility index (Phi) is 6.38. The van der Waals surface area contributed by atoms with Gasteiger partial charge >= 0.3 is 0 Å². The van der Waals surface area contributed by atoms with E-state index in [0.717, 1.165) is 44.0 Å². The van der Waals surface area contributed by atoms with Crippen LogP contribution in [0.3, 0.4) is 0 Å². The second kappa shape index (κ2) is 8.72. The van der Waals surface area contributed by atoms with E-state index in [9.17, 15) is 4.79 Å². The summed E-state index contributed by atoms with van der Waals surface area (Å²) < 4.78 is 0. The van der Waals surface area contributed by atoms with Gasteiger partial charge in [0, 0.05) is 16.8 Å². The van der Waals surface area contributed by atoms with Crippen LogP contribution in [0, 0.1) is 0 Å². The van der Waals surface area contributed by atoms with E-state index >= 15 is 0 Å². The molecule has 0 atom stereocenters. The Bertz CT molecular complexity index is 518. The van der Waals surface area contributed by atoms with E-state index in [1.165, 1.54) is 36.3 Å². The molecule has 1 aromatic rings. The van der Waals surface area contributed by atoms with E-state index in [4.69, 9.17) is 11.6 Å². The van der Waals surface area contributed by atoms with Crippen LogP contribution >= 0.6 is 11.6 Å². The smallest absolute Gasteiger partial charge is 0.275 e. The Morgan fingerprint density at radius 1 is 1.08 bits per heavy atom. The Hall–Kier alpha value is -1.26. The van der Waals surface area contributed by atoms with Crippen LogP contribution in [0.5, 0.6) is 0 Å². The maximum absolute atomic E-state index is 12.3. The highest BCUT2D eigenvalue weighted by molar-refractivity contribution is 6.30. The van der Waals surface area contributed by atoms with Crippen molar-refractivity contribution in [3.63, 3.8) is 0 Å². The van der Waals surface area contributed by atoms with Crippen molar-refractivity contribution in [2.45, 2.75) is 44.6 Å². The molecular weight excluding hydrogens is 322 g/mol. The lowest BCUT2D eigenvalue weighted by Gasteiger charge is -2.33. The fraction of sp³-hybridized carbons (Fsp3) is 0.632. The van der Waals surface area contributed by atoms with E-state index in [0.29, 0.717) is 12.6 Å². The van der Waals surface area contributed by atoms with Gasteiger partial charge in [-0.25, -0.2) is 0 Å². The van der Waals surface area contributed by atoms with E-state index in [-0.39, 0.29) is 5.91 Å². The minimum absolute atomic E-state index is 0.233. The third-order valence-corrected chi connectivity index (χ3v) is 5.55. The zero-order chi connectivity index (χ0) is 16.8. The summed E-state index contributed by atoms with van der Waals surface area (Å²) in [5.41, 5.74) is 1.22. The number of benzene rings is 1. The molecule has 1 amide bonds. The van der Waals surface area contributed by atoms with Gasteiger partial charge in [-0.3, -0.25) is 4.79 Å². The number of halogens is 1. The molecule has 0 unspecified atom stereocenters. The summed E-state index contributed by atoms with van der Waals surface area (Å²) in [5, 5.41) is 4.04. The number of carbonyl (C=O) groups excluding carboxylic acids is 1. The minimum Gasteiger partial charge on any atom is -0.360 e. The first kappa shape index (κ1) is 17.6. The summed E-state index contributed by atoms with van der Waals surface area (Å²) in [5.74, 6) is 0.233. The molecule has 1 aliphatic heterocycles. The largest absolute Gasteiger partial charge is 0.360 e. The molecule has 5 heteroatoms. The quantitative estimate of drug-likeness (QED) is 0.814. The van der Waals surface area contributed by atoms with Gasteiger partial charge in [-0.15, -0.1) is 0 Å². The third kappa shape index (κ3) is 5.12. The number of anilines is 1. The second-order valence-electron chi connectivity index (χ2n) is 7.15. The molecule has 1 aliphatic carbocycles. The van der Waals surface area contributed by atoms with E-state index in [2.05, 4.69) is 22.3 Å². The molecule has 0 aromatic heterocycles. The van der Waals surface area contributed by atoms with Crippen molar-refractivity contribution in [2.75, 3.05) is 37.6 Å². The van der Waals surface area contributed by atoms with Crippen LogP contribution in [0.15, 0.2) is 24.3 Å². The zero-order valence-corrected chi connectivity index (χ0v) is 15.2. The van der Waals surface area contributed by atoms with Crippen LogP contribution in [0.25, 0.3) is 0 Å². The van der Waals surface area contributed by atoms with E-state index < -0.39 is 0 Å². The maximum atomic E-state index is 12.3. The highest BCUT2D eigenvalue weighted by Crippen LogP contribution is 2.18. The molecule has 3 rings (SSSR count). The van der Waals surface area contributed by atoms with Crippen molar-refractivity contribution in [2.24, 2.45) is 0 Å². The topological polar surface area (TPSA) is 36.8 Å². The Labute approximate surface area is 150 Å². The lowest BCUT2D eigenvalue weighted by molar-refractivity contribution is -0.892. The van der Waals surface area contributed by atoms with Crippen LogP contribution in [0.2, 0.25) is 5.02 Å². The summed E-state index contributed by atoms with van der Waals surface area (Å²) in [6.07, 6.45) is 7.49. The van der Waals surface area contributed by atoms with Gasteiger partial charge in [0.2, 0.25) is 0 Å². The number of carbonyl (C=O) groups is 1. The second-order valence-corrected chi connectivity index (χ2v) is 7.58. The van der Waals surface area contributed by atoms with Crippen LogP contribution in [-0.4, -0.2) is 44.7 Å². The predicted octanol–water partition coefficient (Wildman–Crippen LogP) is 1.88. The minimum atomic E-state index is 0.233. The van der Waals surface area contributed by atoms with Gasteiger partial charge in [0.25, 0.3) is 5.91 Å². The van der Waals surface area contributed by atoms with Crippen LogP contribution < -0.4 is 15.1 Å². The number of quaternary nitrogens is 1. The molecule has 0 bridgehead atoms. The van der Waals surface area contributed by atoms with E-state index in [1.54, 1.807) is 0 Å². The van der Waals surface area contributed by atoms with E-state index in [1.807, 2.05) is 12.1 Å². The van der Waals surface area contributed by atoms with Crippen molar-refractivity contribution in [1.82, 2.24) is 5.32 Å². The number of piperazine rings is 1. The molecule has 1 heterocycles. The Balaban J connectivity index is 1.41. The van der Waals surface area contributed by atoms with Crippen molar-refractivity contribution in [3.05, 3.63) is 29.3 Å². The number of nitrogens with zero attached hydrogens (tertiary/aromatic N) is 1. The van der Waals surface area contributed by atoms with Crippen molar-refractivity contribution < 1.29 is 9.69 Å². The van der Waals surface area contributed by atoms with Gasteiger partial charge in [-0.2, -0.15) is 0 Å². The highest BCUT2D eigenvalue weighted by atomic mass is 35.5. The Morgan fingerprint density at radius 3 is 2.33 bits per heavy atom. The standard InChI is InChI=1S/C19H28ClN3O/c20-16-7-9-18(10-8-16)23-13-11-22(12-14-23)15-19(24)21-17-5-3-1-2-4-6-17/h7-10,17H,1-6,11-15H2,(H,21,24)/p+1. The lowest BCUT2D eigenvalue weighted by Crippen LogP contribution is -3.16. The molecule has 2 fully saturated rings. The average molecular weight is 351 g/mol. The fourth-order valence-corrected chi connectivity index (χ4v) is 3.97. The highest BCUT2D eigenvalue weighted by Gasteiger charge is 2.23. The summed E-state index contributed by atoms with van der Waals surface area (Å²) in [7, 11) is 0. The monoisotopic (exact) mass is 350 g/mol. The molecule has 2 aliphatic rings. The Morgan fingerprint density at radius 2 is 1.71 bits per heavy atom. The number of hydrogen-bond acceptors (Lipinski definition) is 2. The van der Waals surface area contributed by atoms with Crippen LogP contribution in [-0.2, 0) is 4.79 Å². The van der Waals surface area contributed by atoms with Crippen molar-refractivity contribution >= 4 is 23.2 Å². The zero-order valence-electron chi connectivity index (χ0n) is 14.4. The molecule has 0 spiro atoms. The van der Waals surface area contributed by atoms with Gasteiger partial charge in [0.15, 0.2) is 6.54 Å². The molecule has 1 saturated carbocycles. The predicted molar refractivity (Wildman–Crippen MR) is 98.9 cm³/mol. The van der Waals surface area contributed by atoms with Gasteiger partial charge in [0.05, 0.1) is 26.2 Å². The number of rotatable bonds is 4. The van der Waals surface area contributed by atoms with Crippen molar-refractivity contribution in [1.29, 1.82) is 0 Å². The first-order valence-electron chi connectivity index (χ1n) is 9.34. The van der Waals surface area contributed by atoms with Gasteiger partial charge in [-0.05, 0) is 37.1 Å². The van der Waals surface area contributed by atoms with Crippen LogP contribution in [0.4, 0.5) is 5.69 Å². The molecule has 4 nitrogen and oxygen atoms in total. The molecular formula is C19H29ClN3O+. The molecule has 24 heavy (non-hydrogen) atoms. The normalized spacial score (nSPS) is 20.6. The lowest BCUT2D eigenvalue weighted by atomic mass is 10.1. The van der Waals surface area contributed by atoms with Crippen LogP contribution in [0.1, 0.15) is 38.5 Å². The first-order chi connectivity index (χ1) is 11.7. The first-order valence-corrected chi connectivity index (χ1v) is 9.72. The number of amides is 1. The maximum Gasteiger partial charge on any atom is 0.275 e. The number of hydrogen-bond donors (Lipinski definition) is 2. The molecule has 2 N–H and O–H groups in total.